The second-order valence-electron chi connectivity index (χ2n) is 5.30. The Bertz CT molecular complexity index is 780. The summed E-state index contributed by atoms with van der Waals surface area (Å²) in [6, 6.07) is 6.13. The van der Waals surface area contributed by atoms with Gasteiger partial charge in [-0.05, 0) is 25.0 Å². The zero-order valence-electron chi connectivity index (χ0n) is 11.2. The van der Waals surface area contributed by atoms with Crippen LogP contribution < -0.4 is 10.0 Å². The Morgan fingerprint density at radius 2 is 1.86 bits per heavy atom. The number of anilines is 1. The molecule has 1 aliphatic carbocycles. The predicted molar refractivity (Wildman–Crippen MR) is 80.1 cm³/mol. The summed E-state index contributed by atoms with van der Waals surface area (Å²) in [6.07, 6.45) is 3.25. The van der Waals surface area contributed by atoms with E-state index < -0.39 is 25.9 Å². The number of para-hydroxylation sites is 1. The largest absolute Gasteiger partial charge is 0.377 e. The van der Waals surface area contributed by atoms with Crippen molar-refractivity contribution in [3.8, 4) is 0 Å². The normalized spacial score (nSPS) is 24.1. The second-order valence-corrected chi connectivity index (χ2v) is 8.91. The number of sulfonamides is 1. The first-order chi connectivity index (χ1) is 9.86. The van der Waals surface area contributed by atoms with Crippen LogP contribution in [0.3, 0.4) is 0 Å². The fraction of sp³-hybridized carbons (Fsp3) is 0.385. The molecule has 1 saturated carbocycles. The lowest BCUT2D eigenvalue weighted by atomic mass is 10.2. The molecule has 114 valence electrons. The molecule has 1 heterocycles. The minimum Gasteiger partial charge on any atom is -0.377 e. The zero-order valence-corrected chi connectivity index (χ0v) is 12.8. The fourth-order valence-electron chi connectivity index (χ4n) is 2.17. The van der Waals surface area contributed by atoms with Crippen LogP contribution in [0.15, 0.2) is 40.6 Å². The van der Waals surface area contributed by atoms with Crippen molar-refractivity contribution in [3.63, 3.8) is 0 Å². The molecule has 0 bridgehead atoms. The van der Waals surface area contributed by atoms with Gasteiger partial charge >= 0.3 is 0 Å². The molecule has 1 atom stereocenters. The van der Waals surface area contributed by atoms with Gasteiger partial charge in [0.1, 0.15) is 4.90 Å². The van der Waals surface area contributed by atoms with Gasteiger partial charge < -0.3 is 5.32 Å². The standard InChI is InChI=1S/C13H16N2O4S2/c16-20(17)8-7-11(9-20)14-12-3-1-2-4-13(12)21(18,19)15-10-5-6-10/h1-4,7-8,10-11,14-15H,5-6,9H2. The van der Waals surface area contributed by atoms with Crippen LogP contribution in [0.2, 0.25) is 0 Å². The molecule has 0 radical (unpaired) electrons. The molecule has 3 rings (SSSR count). The third-order valence-corrected chi connectivity index (χ3v) is 6.32. The van der Waals surface area contributed by atoms with E-state index in [1.54, 1.807) is 18.2 Å². The smallest absolute Gasteiger partial charge is 0.242 e. The van der Waals surface area contributed by atoms with E-state index in [-0.39, 0.29) is 16.7 Å². The fourth-order valence-corrected chi connectivity index (χ4v) is 4.88. The van der Waals surface area contributed by atoms with Crippen LogP contribution >= 0.6 is 0 Å². The van der Waals surface area contributed by atoms with Crippen LogP contribution in [0, 0.1) is 0 Å². The second kappa shape index (κ2) is 5.11. The average molecular weight is 328 g/mol. The summed E-state index contributed by atoms with van der Waals surface area (Å²) >= 11 is 0. The van der Waals surface area contributed by atoms with E-state index in [0.29, 0.717) is 5.69 Å². The van der Waals surface area contributed by atoms with E-state index >= 15 is 0 Å². The molecule has 0 saturated heterocycles. The molecule has 8 heteroatoms. The van der Waals surface area contributed by atoms with Crippen LogP contribution in [-0.2, 0) is 19.9 Å². The molecule has 1 aliphatic heterocycles. The van der Waals surface area contributed by atoms with E-state index in [2.05, 4.69) is 10.0 Å². The predicted octanol–water partition coefficient (Wildman–Crippen LogP) is 0.850. The molecule has 2 N–H and O–H groups in total. The van der Waals surface area contributed by atoms with Gasteiger partial charge in [-0.25, -0.2) is 21.6 Å². The number of hydrogen-bond donors (Lipinski definition) is 2. The van der Waals surface area contributed by atoms with Crippen LogP contribution in [-0.4, -0.2) is 34.7 Å². The van der Waals surface area contributed by atoms with Gasteiger partial charge in [0.2, 0.25) is 10.0 Å². The van der Waals surface area contributed by atoms with Crippen LogP contribution in [0.25, 0.3) is 0 Å². The maximum Gasteiger partial charge on any atom is 0.242 e. The van der Waals surface area contributed by atoms with Gasteiger partial charge in [-0.2, -0.15) is 0 Å². The summed E-state index contributed by atoms with van der Waals surface area (Å²) in [7, 11) is -6.77. The lowest BCUT2D eigenvalue weighted by Crippen LogP contribution is -2.28. The number of sulfone groups is 1. The Kier molecular flexibility index (Phi) is 3.54. The summed E-state index contributed by atoms with van der Waals surface area (Å²) in [6.45, 7) is 0. The molecule has 2 aliphatic rings. The maximum absolute atomic E-state index is 12.3. The molecule has 0 amide bonds. The van der Waals surface area contributed by atoms with Crippen molar-refractivity contribution in [1.29, 1.82) is 0 Å². The molecular weight excluding hydrogens is 312 g/mol. The summed E-state index contributed by atoms with van der Waals surface area (Å²) < 4.78 is 50.1. The Morgan fingerprint density at radius 1 is 1.14 bits per heavy atom. The first kappa shape index (κ1) is 14.6. The minimum absolute atomic E-state index is 0.0230. The van der Waals surface area contributed by atoms with E-state index in [4.69, 9.17) is 0 Å². The van der Waals surface area contributed by atoms with Gasteiger partial charge in [-0.3, -0.25) is 0 Å². The number of nitrogens with one attached hydrogen (secondary N) is 2. The van der Waals surface area contributed by atoms with Crippen molar-refractivity contribution < 1.29 is 16.8 Å². The summed E-state index contributed by atoms with van der Waals surface area (Å²) in [5, 5.41) is 4.14. The maximum atomic E-state index is 12.3. The van der Waals surface area contributed by atoms with Crippen molar-refractivity contribution in [2.24, 2.45) is 0 Å². The first-order valence-corrected chi connectivity index (χ1v) is 9.84. The summed E-state index contributed by atoms with van der Waals surface area (Å²) in [4.78, 5) is 0.148. The van der Waals surface area contributed by atoms with Crippen molar-refractivity contribution in [2.75, 3.05) is 11.1 Å². The molecule has 21 heavy (non-hydrogen) atoms. The van der Waals surface area contributed by atoms with E-state index in [1.165, 1.54) is 12.1 Å². The lowest BCUT2D eigenvalue weighted by Gasteiger charge is -2.16. The molecule has 1 unspecified atom stereocenters. The third-order valence-electron chi connectivity index (χ3n) is 3.35. The van der Waals surface area contributed by atoms with Gasteiger partial charge in [-0.1, -0.05) is 18.2 Å². The minimum atomic E-state index is -3.58. The van der Waals surface area contributed by atoms with Gasteiger partial charge in [0.15, 0.2) is 9.84 Å². The summed E-state index contributed by atoms with van der Waals surface area (Å²) in [5.74, 6) is -0.0581. The van der Waals surface area contributed by atoms with Gasteiger partial charge in [-0.15, -0.1) is 0 Å². The molecular formula is C13H16N2O4S2. The highest BCUT2D eigenvalue weighted by Gasteiger charge is 2.30. The van der Waals surface area contributed by atoms with Crippen molar-refractivity contribution in [3.05, 3.63) is 35.7 Å². The van der Waals surface area contributed by atoms with Crippen molar-refractivity contribution in [2.45, 2.75) is 29.8 Å². The van der Waals surface area contributed by atoms with Crippen molar-refractivity contribution >= 4 is 25.5 Å². The monoisotopic (exact) mass is 328 g/mol. The van der Waals surface area contributed by atoms with E-state index in [9.17, 15) is 16.8 Å². The number of hydrogen-bond acceptors (Lipinski definition) is 5. The molecule has 6 nitrogen and oxygen atoms in total. The highest BCUT2D eigenvalue weighted by molar-refractivity contribution is 7.94. The first-order valence-electron chi connectivity index (χ1n) is 6.65. The van der Waals surface area contributed by atoms with Crippen LogP contribution in [0.4, 0.5) is 5.69 Å². The SMILES string of the molecule is O=S1(=O)C=CC(Nc2ccccc2S(=O)(=O)NC2CC2)C1. The van der Waals surface area contributed by atoms with Crippen LogP contribution in [0.5, 0.6) is 0 Å². The molecule has 0 aromatic heterocycles. The van der Waals surface area contributed by atoms with E-state index in [1.807, 2.05) is 0 Å². The Hall–Kier alpha value is -1.38. The molecule has 0 spiro atoms. The Morgan fingerprint density at radius 3 is 2.48 bits per heavy atom. The van der Waals surface area contributed by atoms with E-state index in [0.717, 1.165) is 18.2 Å². The zero-order chi connectivity index (χ0) is 15.1. The molecule has 1 aromatic carbocycles. The number of benzene rings is 1. The van der Waals surface area contributed by atoms with Gasteiger partial charge in [0.25, 0.3) is 0 Å². The molecule has 1 fully saturated rings. The lowest BCUT2D eigenvalue weighted by molar-refractivity contribution is 0.581. The Labute approximate surface area is 124 Å². The molecule has 1 aromatic rings. The quantitative estimate of drug-likeness (QED) is 0.836. The summed E-state index contributed by atoms with van der Waals surface area (Å²) in [5.41, 5.74) is 0.414. The van der Waals surface area contributed by atoms with Gasteiger partial charge in [0, 0.05) is 11.4 Å². The highest BCUT2D eigenvalue weighted by atomic mass is 32.2. The highest BCUT2D eigenvalue weighted by Crippen LogP contribution is 2.27. The van der Waals surface area contributed by atoms with Crippen LogP contribution in [0.1, 0.15) is 12.8 Å². The van der Waals surface area contributed by atoms with Crippen molar-refractivity contribution in [1.82, 2.24) is 4.72 Å². The van der Waals surface area contributed by atoms with Gasteiger partial charge in [0.05, 0.1) is 17.5 Å². The average Bonchev–Trinajstić information content (AvgIpc) is 3.13. The topological polar surface area (TPSA) is 92.3 Å². The number of rotatable bonds is 5. The Balaban J connectivity index is 1.84. The third kappa shape index (κ3) is 3.45.